The monoisotopic (exact) mass is 281 g/mol. The number of benzene rings is 1. The van der Waals surface area contributed by atoms with Gasteiger partial charge in [0.2, 0.25) is 0 Å². The highest BCUT2D eigenvalue weighted by Crippen LogP contribution is 2.29. The number of thiazole rings is 1. The minimum atomic E-state index is 0.393. The van der Waals surface area contributed by atoms with Crippen LogP contribution in [0.5, 0.6) is 0 Å². The molecular formula is C16H15N3S. The number of hydrogen-bond acceptors (Lipinski definition) is 3. The van der Waals surface area contributed by atoms with E-state index < -0.39 is 0 Å². The zero-order valence-corrected chi connectivity index (χ0v) is 12.4. The summed E-state index contributed by atoms with van der Waals surface area (Å²) in [6, 6.07) is 10.8. The van der Waals surface area contributed by atoms with Crippen molar-refractivity contribution in [2.45, 2.75) is 26.7 Å². The summed E-state index contributed by atoms with van der Waals surface area (Å²) in [5, 5.41) is 11.1. The van der Waals surface area contributed by atoms with E-state index >= 15 is 0 Å². The molecule has 3 nitrogen and oxygen atoms in total. The van der Waals surface area contributed by atoms with Crippen molar-refractivity contribution < 1.29 is 0 Å². The first-order chi connectivity index (χ1) is 9.74. The quantitative estimate of drug-likeness (QED) is 0.728. The molecule has 3 rings (SSSR count). The van der Waals surface area contributed by atoms with Crippen molar-refractivity contribution in [1.82, 2.24) is 9.38 Å². The number of imidazole rings is 1. The van der Waals surface area contributed by atoms with Gasteiger partial charge in [-0.3, -0.25) is 4.40 Å². The van der Waals surface area contributed by atoms with Crippen LogP contribution in [0.15, 0.2) is 29.6 Å². The molecule has 2 aromatic heterocycles. The highest BCUT2D eigenvalue weighted by molar-refractivity contribution is 7.15. The lowest BCUT2D eigenvalue weighted by molar-refractivity contribution is 1.05. The Labute approximate surface area is 122 Å². The van der Waals surface area contributed by atoms with Gasteiger partial charge in [-0.25, -0.2) is 4.98 Å². The molecule has 0 amide bonds. The first-order valence-corrected chi connectivity index (χ1v) is 7.54. The molecule has 2 heterocycles. The van der Waals surface area contributed by atoms with E-state index in [1.165, 1.54) is 11.1 Å². The molecule has 0 spiro atoms. The molecular weight excluding hydrogens is 266 g/mol. The Bertz CT molecular complexity index is 788. The highest BCUT2D eigenvalue weighted by atomic mass is 32.1. The largest absolute Gasteiger partial charge is 0.286 e. The van der Waals surface area contributed by atoms with Gasteiger partial charge >= 0.3 is 0 Å². The second kappa shape index (κ2) is 5.10. The summed E-state index contributed by atoms with van der Waals surface area (Å²) in [5.74, 6) is 0. The number of nitriles is 1. The highest BCUT2D eigenvalue weighted by Gasteiger charge is 2.14. The fourth-order valence-electron chi connectivity index (χ4n) is 2.41. The smallest absolute Gasteiger partial charge is 0.194 e. The van der Waals surface area contributed by atoms with E-state index in [1.807, 2.05) is 6.92 Å². The molecule has 0 saturated heterocycles. The van der Waals surface area contributed by atoms with Crippen LogP contribution in [-0.4, -0.2) is 9.38 Å². The van der Waals surface area contributed by atoms with Gasteiger partial charge in [-0.1, -0.05) is 31.2 Å². The lowest BCUT2D eigenvalue weighted by Gasteiger charge is -2.04. The van der Waals surface area contributed by atoms with Crippen molar-refractivity contribution in [3.8, 4) is 17.3 Å². The Hall–Kier alpha value is -2.12. The fourth-order valence-corrected chi connectivity index (χ4v) is 3.38. The van der Waals surface area contributed by atoms with Crippen LogP contribution in [0.25, 0.3) is 16.2 Å². The normalized spacial score (nSPS) is 10.8. The van der Waals surface area contributed by atoms with Gasteiger partial charge in [0.1, 0.15) is 0 Å². The molecule has 0 saturated carbocycles. The standard InChI is InChI=1S/C16H15N3S/c1-3-12-4-6-13(7-5-12)15-10-20-16-18-11(2)14(8-9-17)19(15)16/h4-7,10H,3,8H2,1-2H3. The molecule has 100 valence electrons. The van der Waals surface area contributed by atoms with Gasteiger partial charge in [0, 0.05) is 5.38 Å². The predicted molar refractivity (Wildman–Crippen MR) is 81.9 cm³/mol. The van der Waals surface area contributed by atoms with E-state index in [2.05, 4.69) is 52.0 Å². The summed E-state index contributed by atoms with van der Waals surface area (Å²) in [6.07, 6.45) is 1.44. The van der Waals surface area contributed by atoms with E-state index in [1.54, 1.807) is 11.3 Å². The molecule has 0 aliphatic carbocycles. The van der Waals surface area contributed by atoms with Crippen LogP contribution in [0.2, 0.25) is 0 Å². The summed E-state index contributed by atoms with van der Waals surface area (Å²) in [5.41, 5.74) is 5.57. The zero-order valence-electron chi connectivity index (χ0n) is 11.6. The van der Waals surface area contributed by atoms with Crippen LogP contribution in [-0.2, 0) is 12.8 Å². The van der Waals surface area contributed by atoms with Gasteiger partial charge in [-0.2, -0.15) is 5.26 Å². The SMILES string of the molecule is CCc1ccc(-c2csc3nc(C)c(CC#N)n23)cc1. The summed E-state index contributed by atoms with van der Waals surface area (Å²) >= 11 is 1.62. The Balaban J connectivity index is 2.17. The predicted octanol–water partition coefficient (Wildman–Crippen LogP) is 4.00. The van der Waals surface area contributed by atoms with Crippen molar-refractivity contribution in [2.24, 2.45) is 0 Å². The summed E-state index contributed by atoms with van der Waals surface area (Å²) < 4.78 is 2.12. The molecule has 20 heavy (non-hydrogen) atoms. The summed E-state index contributed by atoms with van der Waals surface area (Å²) in [4.78, 5) is 5.50. The summed E-state index contributed by atoms with van der Waals surface area (Å²) in [7, 11) is 0. The second-order valence-electron chi connectivity index (χ2n) is 4.77. The number of rotatable bonds is 3. The third-order valence-corrected chi connectivity index (χ3v) is 4.39. The fraction of sp³-hybridized carbons (Fsp3) is 0.250. The van der Waals surface area contributed by atoms with Gasteiger partial charge in [0.25, 0.3) is 0 Å². The van der Waals surface area contributed by atoms with Crippen LogP contribution in [0.3, 0.4) is 0 Å². The summed E-state index contributed by atoms with van der Waals surface area (Å²) in [6.45, 7) is 4.12. The van der Waals surface area contributed by atoms with Crippen molar-refractivity contribution in [1.29, 1.82) is 5.26 Å². The molecule has 0 aliphatic heterocycles. The van der Waals surface area contributed by atoms with E-state index in [0.717, 1.165) is 28.5 Å². The Morgan fingerprint density at radius 2 is 2.05 bits per heavy atom. The molecule has 3 aromatic rings. The Morgan fingerprint density at radius 3 is 2.70 bits per heavy atom. The van der Waals surface area contributed by atoms with Crippen LogP contribution in [0.4, 0.5) is 0 Å². The minimum absolute atomic E-state index is 0.393. The third-order valence-electron chi connectivity index (χ3n) is 3.56. The first-order valence-electron chi connectivity index (χ1n) is 6.66. The van der Waals surface area contributed by atoms with E-state index in [9.17, 15) is 0 Å². The maximum absolute atomic E-state index is 9.00. The minimum Gasteiger partial charge on any atom is -0.286 e. The van der Waals surface area contributed by atoms with Gasteiger partial charge in [-0.15, -0.1) is 11.3 Å². The third kappa shape index (κ3) is 2.00. The lowest BCUT2D eigenvalue weighted by Crippen LogP contribution is -1.94. The maximum Gasteiger partial charge on any atom is 0.194 e. The van der Waals surface area contributed by atoms with E-state index in [4.69, 9.17) is 5.26 Å². The maximum atomic E-state index is 9.00. The molecule has 0 aliphatic rings. The first kappa shape index (κ1) is 12.9. The van der Waals surface area contributed by atoms with Crippen LogP contribution >= 0.6 is 11.3 Å². The van der Waals surface area contributed by atoms with Crippen LogP contribution in [0.1, 0.15) is 23.9 Å². The number of aromatic nitrogens is 2. The van der Waals surface area contributed by atoms with Crippen LogP contribution < -0.4 is 0 Å². The number of aryl methyl sites for hydroxylation is 2. The van der Waals surface area contributed by atoms with Gasteiger partial charge in [-0.05, 0) is 24.5 Å². The number of nitrogens with zero attached hydrogens (tertiary/aromatic N) is 3. The number of hydrogen-bond donors (Lipinski definition) is 0. The average molecular weight is 281 g/mol. The number of fused-ring (bicyclic) bond motifs is 1. The van der Waals surface area contributed by atoms with Crippen molar-refractivity contribution >= 4 is 16.3 Å². The van der Waals surface area contributed by atoms with Gasteiger partial charge < -0.3 is 0 Å². The zero-order chi connectivity index (χ0) is 14.1. The topological polar surface area (TPSA) is 41.1 Å². The van der Waals surface area contributed by atoms with E-state index in [0.29, 0.717) is 6.42 Å². The average Bonchev–Trinajstić information content (AvgIpc) is 3.00. The second-order valence-corrected chi connectivity index (χ2v) is 5.60. The Kier molecular flexibility index (Phi) is 3.29. The molecule has 0 N–H and O–H groups in total. The molecule has 0 atom stereocenters. The molecule has 0 bridgehead atoms. The molecule has 0 radical (unpaired) electrons. The van der Waals surface area contributed by atoms with Crippen molar-refractivity contribution in [2.75, 3.05) is 0 Å². The Morgan fingerprint density at radius 1 is 1.30 bits per heavy atom. The van der Waals surface area contributed by atoms with Gasteiger partial charge in [0.05, 0.1) is 29.6 Å². The van der Waals surface area contributed by atoms with Crippen LogP contribution in [0, 0.1) is 18.3 Å². The van der Waals surface area contributed by atoms with Gasteiger partial charge in [0.15, 0.2) is 4.96 Å². The van der Waals surface area contributed by atoms with E-state index in [-0.39, 0.29) is 0 Å². The lowest BCUT2D eigenvalue weighted by atomic mass is 10.1. The van der Waals surface area contributed by atoms with Crippen molar-refractivity contribution in [3.63, 3.8) is 0 Å². The molecule has 1 aromatic carbocycles. The van der Waals surface area contributed by atoms with Crippen molar-refractivity contribution in [3.05, 3.63) is 46.6 Å². The molecule has 0 unspecified atom stereocenters. The molecule has 4 heteroatoms. The molecule has 0 fully saturated rings.